The molecular formula is C17H17NO2S2Si. The number of hydrogen-bond donors (Lipinski definition) is 0. The Bertz CT molecular complexity index is 759. The average Bonchev–Trinajstić information content (AvgIpc) is 2.48. The van der Waals surface area contributed by atoms with E-state index in [4.69, 9.17) is 0 Å². The molecule has 2 aromatic carbocycles. The molecule has 2 aromatic rings. The predicted octanol–water partition coefficient (Wildman–Crippen LogP) is 5.68. The third-order valence-corrected chi connectivity index (χ3v) is 5.76. The molecule has 0 saturated heterocycles. The zero-order chi connectivity index (χ0) is 16.9. The van der Waals surface area contributed by atoms with Gasteiger partial charge in [0.2, 0.25) is 0 Å². The van der Waals surface area contributed by atoms with Gasteiger partial charge in [-0.05, 0) is 41.3 Å². The number of nitrogens with zero attached hydrogens (tertiary/aromatic N) is 1. The Morgan fingerprint density at radius 2 is 1.61 bits per heavy atom. The van der Waals surface area contributed by atoms with Gasteiger partial charge in [0.15, 0.2) is 0 Å². The lowest BCUT2D eigenvalue weighted by Gasteiger charge is -2.07. The Labute approximate surface area is 146 Å². The molecule has 0 atom stereocenters. The van der Waals surface area contributed by atoms with E-state index in [1.807, 2.05) is 18.2 Å². The molecule has 0 saturated carbocycles. The predicted molar refractivity (Wildman–Crippen MR) is 101 cm³/mol. The van der Waals surface area contributed by atoms with Gasteiger partial charge in [-0.3, -0.25) is 10.1 Å². The Morgan fingerprint density at radius 3 is 2.17 bits per heavy atom. The maximum atomic E-state index is 10.7. The van der Waals surface area contributed by atoms with Crippen LogP contribution in [0.2, 0.25) is 19.6 Å². The van der Waals surface area contributed by atoms with Crippen LogP contribution < -0.4 is 0 Å². The van der Waals surface area contributed by atoms with E-state index in [1.165, 1.54) is 12.1 Å². The molecule has 0 aliphatic heterocycles. The molecule has 2 rings (SSSR count). The molecule has 6 heteroatoms. The highest BCUT2D eigenvalue weighted by molar-refractivity contribution is 8.05. The van der Waals surface area contributed by atoms with Crippen LogP contribution in [0.3, 0.4) is 0 Å². The van der Waals surface area contributed by atoms with Crippen LogP contribution in [0.15, 0.2) is 63.2 Å². The lowest BCUT2D eigenvalue weighted by atomic mass is 10.3. The number of nitro benzene ring substituents is 1. The van der Waals surface area contributed by atoms with E-state index >= 15 is 0 Å². The first-order valence-electron chi connectivity index (χ1n) is 7.05. The highest BCUT2D eigenvalue weighted by Crippen LogP contribution is 2.35. The minimum atomic E-state index is -1.37. The van der Waals surface area contributed by atoms with Crippen LogP contribution in [-0.2, 0) is 0 Å². The minimum Gasteiger partial charge on any atom is -0.258 e. The van der Waals surface area contributed by atoms with Gasteiger partial charge in [0.05, 0.1) is 4.92 Å². The fourth-order valence-corrected chi connectivity index (χ4v) is 4.56. The highest BCUT2D eigenvalue weighted by atomic mass is 32.2. The van der Waals surface area contributed by atoms with Crippen LogP contribution in [0.4, 0.5) is 5.69 Å². The summed E-state index contributed by atoms with van der Waals surface area (Å²) in [5.74, 6) is 0. The van der Waals surface area contributed by atoms with Crippen molar-refractivity contribution < 1.29 is 4.92 Å². The third kappa shape index (κ3) is 5.79. The molecule has 0 N–H and O–H groups in total. The van der Waals surface area contributed by atoms with Crippen molar-refractivity contribution in [3.8, 4) is 10.8 Å². The van der Waals surface area contributed by atoms with Gasteiger partial charge in [0.1, 0.15) is 8.07 Å². The number of benzene rings is 2. The van der Waals surface area contributed by atoms with Crippen molar-refractivity contribution in [2.45, 2.75) is 34.3 Å². The maximum absolute atomic E-state index is 10.7. The van der Waals surface area contributed by atoms with E-state index in [-0.39, 0.29) is 10.6 Å². The summed E-state index contributed by atoms with van der Waals surface area (Å²) in [5.41, 5.74) is 3.46. The van der Waals surface area contributed by atoms with Crippen LogP contribution in [-0.4, -0.2) is 13.0 Å². The molecule has 0 aliphatic carbocycles. The molecule has 0 fully saturated rings. The van der Waals surface area contributed by atoms with Crippen molar-refractivity contribution in [2.75, 3.05) is 0 Å². The first-order chi connectivity index (χ1) is 10.8. The van der Waals surface area contributed by atoms with Gasteiger partial charge in [-0.15, -0.1) is 5.54 Å². The van der Waals surface area contributed by atoms with Crippen LogP contribution in [0.1, 0.15) is 0 Å². The van der Waals surface area contributed by atoms with Crippen molar-refractivity contribution in [3.05, 3.63) is 58.6 Å². The summed E-state index contributed by atoms with van der Waals surface area (Å²) in [4.78, 5) is 13.5. The van der Waals surface area contributed by atoms with Crippen LogP contribution >= 0.6 is 23.5 Å². The van der Waals surface area contributed by atoms with Crippen molar-refractivity contribution >= 4 is 37.3 Å². The number of nitro groups is 1. The maximum Gasteiger partial charge on any atom is 0.269 e. The van der Waals surface area contributed by atoms with E-state index < -0.39 is 8.07 Å². The first kappa shape index (κ1) is 17.7. The monoisotopic (exact) mass is 359 g/mol. The van der Waals surface area contributed by atoms with E-state index in [0.29, 0.717) is 0 Å². The van der Waals surface area contributed by atoms with Crippen LogP contribution in [0, 0.1) is 20.9 Å². The third-order valence-electron chi connectivity index (χ3n) is 2.71. The zero-order valence-electron chi connectivity index (χ0n) is 13.2. The molecule has 0 amide bonds. The number of thioether (sulfide) groups is 1. The first-order valence-corrected chi connectivity index (χ1v) is 12.2. The van der Waals surface area contributed by atoms with Gasteiger partial charge in [-0.2, -0.15) is 0 Å². The summed E-state index contributed by atoms with van der Waals surface area (Å²) in [6.45, 7) is 6.66. The number of non-ortho nitro benzene ring substituents is 1. The fraction of sp³-hybridized carbons (Fsp3) is 0.176. The van der Waals surface area contributed by atoms with Crippen molar-refractivity contribution in [2.24, 2.45) is 0 Å². The Hall–Kier alpha value is -1.68. The lowest BCUT2D eigenvalue weighted by molar-refractivity contribution is -0.384. The van der Waals surface area contributed by atoms with Crippen LogP contribution in [0.25, 0.3) is 0 Å². The summed E-state index contributed by atoms with van der Waals surface area (Å²) < 4.78 is 0. The topological polar surface area (TPSA) is 43.1 Å². The van der Waals surface area contributed by atoms with Gasteiger partial charge in [-0.25, -0.2) is 0 Å². The molecule has 0 bridgehead atoms. The minimum absolute atomic E-state index is 0.109. The second-order valence-corrected chi connectivity index (χ2v) is 12.6. The Balaban J connectivity index is 2.16. The SMILES string of the molecule is C[Si](C)(C)C#CSc1ccccc1Sc1ccc([N+](=O)[O-])cc1. The van der Waals surface area contributed by atoms with Crippen LogP contribution in [0.5, 0.6) is 0 Å². The van der Waals surface area contributed by atoms with Crippen molar-refractivity contribution in [1.29, 1.82) is 0 Å². The second-order valence-electron chi connectivity index (χ2n) is 5.88. The number of rotatable bonds is 4. The van der Waals surface area contributed by atoms with Crippen molar-refractivity contribution in [1.82, 2.24) is 0 Å². The molecule has 3 nitrogen and oxygen atoms in total. The average molecular weight is 360 g/mol. The summed E-state index contributed by atoms with van der Waals surface area (Å²) in [7, 11) is -1.37. The summed E-state index contributed by atoms with van der Waals surface area (Å²) in [6.07, 6.45) is 0. The fourth-order valence-electron chi connectivity index (χ4n) is 1.62. The standard InChI is InChI=1S/C17H17NO2S2Si/c1-23(2,3)13-12-21-16-6-4-5-7-17(16)22-15-10-8-14(9-11-15)18(19)20/h4-11H,1-3H3. The second kappa shape index (κ2) is 7.73. The zero-order valence-corrected chi connectivity index (χ0v) is 15.8. The van der Waals surface area contributed by atoms with Gasteiger partial charge in [0.25, 0.3) is 5.69 Å². The quantitative estimate of drug-likeness (QED) is 0.232. The molecule has 0 unspecified atom stereocenters. The smallest absolute Gasteiger partial charge is 0.258 e. The Morgan fingerprint density at radius 1 is 1.00 bits per heavy atom. The molecule has 0 radical (unpaired) electrons. The van der Waals surface area contributed by atoms with Gasteiger partial charge in [0, 0.05) is 26.8 Å². The summed E-state index contributed by atoms with van der Waals surface area (Å²) in [6, 6.07) is 14.7. The van der Waals surface area contributed by atoms with Crippen molar-refractivity contribution in [3.63, 3.8) is 0 Å². The van der Waals surface area contributed by atoms with Gasteiger partial charge >= 0.3 is 0 Å². The largest absolute Gasteiger partial charge is 0.269 e. The molecule has 0 heterocycles. The molecule has 0 aromatic heterocycles. The summed E-state index contributed by atoms with van der Waals surface area (Å²) in [5, 5.41) is 13.9. The number of hydrogen-bond acceptors (Lipinski definition) is 4. The molecular weight excluding hydrogens is 342 g/mol. The molecule has 0 aliphatic rings. The Kier molecular flexibility index (Phi) is 5.94. The van der Waals surface area contributed by atoms with E-state index in [0.717, 1.165) is 14.7 Å². The van der Waals surface area contributed by atoms with Gasteiger partial charge < -0.3 is 0 Å². The normalized spacial score (nSPS) is 10.7. The van der Waals surface area contributed by atoms with E-state index in [1.54, 1.807) is 35.7 Å². The molecule has 118 valence electrons. The van der Waals surface area contributed by atoms with E-state index in [9.17, 15) is 10.1 Å². The summed E-state index contributed by atoms with van der Waals surface area (Å²) >= 11 is 3.14. The highest BCUT2D eigenvalue weighted by Gasteiger charge is 2.09. The van der Waals surface area contributed by atoms with Gasteiger partial charge in [-0.1, -0.05) is 43.5 Å². The molecule has 23 heavy (non-hydrogen) atoms. The van der Waals surface area contributed by atoms with E-state index in [2.05, 4.69) is 36.5 Å². The lowest BCUT2D eigenvalue weighted by Crippen LogP contribution is -2.15. The molecule has 0 spiro atoms.